The Labute approximate surface area is 201 Å². The van der Waals surface area contributed by atoms with Gasteiger partial charge in [0, 0.05) is 21.5 Å². The second-order valence-corrected chi connectivity index (χ2v) is 7.85. The van der Waals surface area contributed by atoms with E-state index < -0.39 is 11.3 Å². The number of methoxy groups -OCH3 is 3. The van der Waals surface area contributed by atoms with Crippen molar-refractivity contribution in [3.63, 3.8) is 0 Å². The van der Waals surface area contributed by atoms with E-state index >= 15 is 0 Å². The Kier molecular flexibility index (Phi) is 6.70. The van der Waals surface area contributed by atoms with Gasteiger partial charge in [-0.3, -0.25) is 9.59 Å². The first-order chi connectivity index (χ1) is 16.5. The van der Waals surface area contributed by atoms with Gasteiger partial charge >= 0.3 is 0 Å². The number of carbonyl (C=O) groups excluding carboxylic acids is 1. The number of aromatic nitrogens is 1. The number of carbonyl (C=O) groups is 1. The number of H-pyrrole nitrogens is 1. The van der Waals surface area contributed by atoms with Crippen LogP contribution in [0, 0.1) is 0 Å². The SMILES string of the molecule is COc1cc(/C=C\C(=O)c2c(-c3ccccc3)c3cc(Cl)ccc3[nH]c2=O)cc(OC)c1OC. The Bertz CT molecular complexity index is 1430. The van der Waals surface area contributed by atoms with Gasteiger partial charge in [0.2, 0.25) is 5.75 Å². The fourth-order valence-electron chi connectivity index (χ4n) is 3.86. The van der Waals surface area contributed by atoms with Crippen LogP contribution in [0.5, 0.6) is 17.2 Å². The number of hydrogen-bond acceptors (Lipinski definition) is 5. The van der Waals surface area contributed by atoms with Gasteiger partial charge in [0.15, 0.2) is 17.3 Å². The van der Waals surface area contributed by atoms with Gasteiger partial charge in [0.05, 0.1) is 26.9 Å². The number of pyridine rings is 1. The summed E-state index contributed by atoms with van der Waals surface area (Å²) in [5.41, 5.74) is 2.06. The summed E-state index contributed by atoms with van der Waals surface area (Å²) in [7, 11) is 4.55. The van der Waals surface area contributed by atoms with E-state index in [-0.39, 0.29) is 5.56 Å². The number of halogens is 1. The van der Waals surface area contributed by atoms with Crippen molar-refractivity contribution in [2.75, 3.05) is 21.3 Å². The molecule has 0 saturated carbocycles. The lowest BCUT2D eigenvalue weighted by atomic mass is 9.94. The van der Waals surface area contributed by atoms with Crippen LogP contribution in [0.4, 0.5) is 0 Å². The molecule has 4 rings (SSSR count). The molecule has 0 aliphatic rings. The Morgan fingerprint density at radius 1 is 0.912 bits per heavy atom. The highest BCUT2D eigenvalue weighted by Crippen LogP contribution is 2.38. The summed E-state index contributed by atoms with van der Waals surface area (Å²) < 4.78 is 16.1. The molecule has 0 atom stereocenters. The van der Waals surface area contributed by atoms with Gasteiger partial charge < -0.3 is 19.2 Å². The number of rotatable bonds is 7. The predicted octanol–water partition coefficient (Wildman–Crippen LogP) is 5.77. The number of ether oxygens (including phenoxy) is 3. The summed E-state index contributed by atoms with van der Waals surface area (Å²) in [6, 6.07) is 17.9. The summed E-state index contributed by atoms with van der Waals surface area (Å²) in [5.74, 6) is 0.910. The lowest BCUT2D eigenvalue weighted by Crippen LogP contribution is -2.18. The molecule has 0 unspecified atom stereocenters. The van der Waals surface area contributed by atoms with Crippen molar-refractivity contribution >= 4 is 34.4 Å². The van der Waals surface area contributed by atoms with Crippen LogP contribution in [-0.2, 0) is 0 Å². The molecular weight excluding hydrogens is 454 g/mol. The predicted molar refractivity (Wildman–Crippen MR) is 134 cm³/mol. The second-order valence-electron chi connectivity index (χ2n) is 7.42. The van der Waals surface area contributed by atoms with Crippen LogP contribution in [0.1, 0.15) is 15.9 Å². The van der Waals surface area contributed by atoms with Crippen molar-refractivity contribution in [3.05, 3.63) is 93.2 Å². The lowest BCUT2D eigenvalue weighted by molar-refractivity contribution is 0.104. The maximum atomic E-state index is 13.4. The summed E-state index contributed by atoms with van der Waals surface area (Å²) in [5, 5.41) is 1.19. The van der Waals surface area contributed by atoms with E-state index in [9.17, 15) is 9.59 Å². The van der Waals surface area contributed by atoms with Crippen LogP contribution in [0.3, 0.4) is 0 Å². The molecule has 0 bridgehead atoms. The molecule has 1 N–H and O–H groups in total. The molecule has 172 valence electrons. The van der Waals surface area contributed by atoms with Crippen molar-refractivity contribution in [2.24, 2.45) is 0 Å². The standard InChI is InChI=1S/C27H22ClNO5/c1-32-22-13-16(14-23(33-2)26(22)34-3)9-12-21(30)25-24(17-7-5-4-6-8-17)19-15-18(28)10-11-20(19)29-27(25)31/h4-15H,1-3H3,(H,29,31)/b12-9-. The van der Waals surface area contributed by atoms with Crippen molar-refractivity contribution in [1.29, 1.82) is 0 Å². The molecule has 6 nitrogen and oxygen atoms in total. The minimum absolute atomic E-state index is 0.0321. The minimum Gasteiger partial charge on any atom is -0.493 e. The minimum atomic E-state index is -0.479. The summed E-state index contributed by atoms with van der Waals surface area (Å²) in [4.78, 5) is 29.2. The van der Waals surface area contributed by atoms with Crippen LogP contribution in [0.15, 0.2) is 71.5 Å². The van der Waals surface area contributed by atoms with Crippen LogP contribution in [0.2, 0.25) is 5.02 Å². The van der Waals surface area contributed by atoms with Crippen molar-refractivity contribution in [1.82, 2.24) is 4.98 Å². The van der Waals surface area contributed by atoms with Gasteiger partial charge in [0.25, 0.3) is 5.56 Å². The van der Waals surface area contributed by atoms with Crippen molar-refractivity contribution in [2.45, 2.75) is 0 Å². The molecule has 4 aromatic rings. The molecule has 0 radical (unpaired) electrons. The van der Waals surface area contributed by atoms with E-state index in [2.05, 4.69) is 4.98 Å². The fraction of sp³-hybridized carbons (Fsp3) is 0.111. The molecule has 0 aliphatic carbocycles. The van der Waals surface area contributed by atoms with Gasteiger partial charge in [-0.25, -0.2) is 0 Å². The Morgan fingerprint density at radius 2 is 1.59 bits per heavy atom. The van der Waals surface area contributed by atoms with Crippen molar-refractivity contribution in [3.8, 4) is 28.4 Å². The topological polar surface area (TPSA) is 77.6 Å². The van der Waals surface area contributed by atoms with E-state index in [0.717, 1.165) is 5.56 Å². The van der Waals surface area contributed by atoms with Crippen molar-refractivity contribution < 1.29 is 19.0 Å². The van der Waals surface area contributed by atoms with Gasteiger partial charge in [-0.2, -0.15) is 0 Å². The number of allylic oxidation sites excluding steroid dienone is 1. The normalized spacial score (nSPS) is 11.1. The van der Waals surface area contributed by atoms with E-state index in [0.29, 0.717) is 44.3 Å². The van der Waals surface area contributed by atoms with Crippen LogP contribution >= 0.6 is 11.6 Å². The number of benzene rings is 3. The Hall–Kier alpha value is -4.03. The molecule has 1 aromatic heterocycles. The molecule has 34 heavy (non-hydrogen) atoms. The maximum Gasteiger partial charge on any atom is 0.260 e. The monoisotopic (exact) mass is 475 g/mol. The highest BCUT2D eigenvalue weighted by Gasteiger charge is 2.20. The first-order valence-electron chi connectivity index (χ1n) is 10.4. The molecule has 0 fully saturated rings. The van der Waals surface area contributed by atoms with E-state index in [1.807, 2.05) is 30.3 Å². The van der Waals surface area contributed by atoms with Crippen LogP contribution in [-0.4, -0.2) is 32.1 Å². The van der Waals surface area contributed by atoms with Crippen LogP contribution in [0.25, 0.3) is 28.1 Å². The largest absolute Gasteiger partial charge is 0.493 e. The van der Waals surface area contributed by atoms with E-state index in [4.69, 9.17) is 25.8 Å². The summed E-state index contributed by atoms with van der Waals surface area (Å²) in [6.45, 7) is 0. The van der Waals surface area contributed by atoms with Gasteiger partial charge in [-0.1, -0.05) is 48.0 Å². The van der Waals surface area contributed by atoms with Gasteiger partial charge in [-0.05, 0) is 47.5 Å². The van der Waals surface area contributed by atoms with Gasteiger partial charge in [0.1, 0.15) is 0 Å². The quantitative estimate of drug-likeness (QED) is 0.271. The smallest absolute Gasteiger partial charge is 0.260 e. The summed E-state index contributed by atoms with van der Waals surface area (Å²) >= 11 is 6.25. The molecule has 1 heterocycles. The Morgan fingerprint density at radius 3 is 2.21 bits per heavy atom. The van der Waals surface area contributed by atoms with E-state index in [1.54, 1.807) is 36.4 Å². The number of hydrogen-bond donors (Lipinski definition) is 1. The number of nitrogens with one attached hydrogen (secondary N) is 1. The molecule has 7 heteroatoms. The second kappa shape index (κ2) is 9.85. The Balaban J connectivity index is 1.86. The lowest BCUT2D eigenvalue weighted by Gasteiger charge is -2.13. The zero-order valence-electron chi connectivity index (χ0n) is 18.8. The third-order valence-electron chi connectivity index (χ3n) is 5.40. The molecule has 0 amide bonds. The fourth-order valence-corrected chi connectivity index (χ4v) is 4.03. The number of ketones is 1. The first kappa shape index (κ1) is 23.1. The zero-order valence-corrected chi connectivity index (χ0v) is 19.6. The average Bonchev–Trinajstić information content (AvgIpc) is 2.86. The molecular formula is C27H22ClNO5. The summed E-state index contributed by atoms with van der Waals surface area (Å²) in [6.07, 6.45) is 2.96. The maximum absolute atomic E-state index is 13.4. The third-order valence-corrected chi connectivity index (χ3v) is 5.63. The first-order valence-corrected chi connectivity index (χ1v) is 10.8. The van der Waals surface area contributed by atoms with Crippen LogP contribution < -0.4 is 19.8 Å². The van der Waals surface area contributed by atoms with Gasteiger partial charge in [-0.15, -0.1) is 0 Å². The highest BCUT2D eigenvalue weighted by molar-refractivity contribution is 6.31. The molecule has 3 aromatic carbocycles. The molecule has 0 saturated heterocycles. The number of fused-ring (bicyclic) bond motifs is 1. The zero-order chi connectivity index (χ0) is 24.2. The number of aromatic amines is 1. The molecule has 0 aliphatic heterocycles. The third kappa shape index (κ3) is 4.40. The average molecular weight is 476 g/mol. The highest BCUT2D eigenvalue weighted by atomic mass is 35.5. The van der Waals surface area contributed by atoms with E-state index in [1.165, 1.54) is 27.4 Å². The molecule has 0 spiro atoms.